The van der Waals surface area contributed by atoms with Crippen LogP contribution in [-0.4, -0.2) is 49.5 Å². The van der Waals surface area contributed by atoms with Gasteiger partial charge >= 0.3 is 0 Å². The summed E-state index contributed by atoms with van der Waals surface area (Å²) in [6.07, 6.45) is 4.82. The predicted molar refractivity (Wildman–Crippen MR) is 65.2 cm³/mol. The Kier molecular flexibility index (Phi) is 4.28. The van der Waals surface area contributed by atoms with Crippen LogP contribution in [0.2, 0.25) is 0 Å². The first-order chi connectivity index (χ1) is 8.29. The highest BCUT2D eigenvalue weighted by Gasteiger charge is 2.17. The van der Waals surface area contributed by atoms with Gasteiger partial charge in [0.05, 0.1) is 25.9 Å². The first-order valence-corrected chi connectivity index (χ1v) is 6.01. The molecule has 5 heteroatoms. The minimum absolute atomic E-state index is 0.114. The molecule has 2 heterocycles. The van der Waals surface area contributed by atoms with Gasteiger partial charge in [0, 0.05) is 26.0 Å². The lowest BCUT2D eigenvalue weighted by atomic mass is 10.3. The molecule has 2 rings (SSSR count). The van der Waals surface area contributed by atoms with Gasteiger partial charge in [-0.15, -0.1) is 0 Å². The molecular weight excluding hydrogens is 218 g/mol. The zero-order valence-electron chi connectivity index (χ0n) is 10.4. The largest absolute Gasteiger partial charge is 0.376 e. The van der Waals surface area contributed by atoms with E-state index >= 15 is 0 Å². The summed E-state index contributed by atoms with van der Waals surface area (Å²) in [5.74, 6) is 0.733. The molecule has 94 valence electrons. The summed E-state index contributed by atoms with van der Waals surface area (Å²) in [5.41, 5.74) is 1.15. The van der Waals surface area contributed by atoms with Gasteiger partial charge in [-0.2, -0.15) is 0 Å². The van der Waals surface area contributed by atoms with E-state index in [-0.39, 0.29) is 6.10 Å². The van der Waals surface area contributed by atoms with Crippen LogP contribution in [0.5, 0.6) is 0 Å². The molecule has 1 aromatic rings. The third-order valence-electron chi connectivity index (χ3n) is 2.80. The third kappa shape index (κ3) is 3.38. The van der Waals surface area contributed by atoms with Crippen LogP contribution in [0.1, 0.15) is 12.5 Å². The highest BCUT2D eigenvalue weighted by molar-refractivity contribution is 5.28. The SMILES string of the molecule is CCc1cnc(N(C)CC2COCCO2)nc1. The van der Waals surface area contributed by atoms with Crippen molar-refractivity contribution in [2.24, 2.45) is 0 Å². The van der Waals surface area contributed by atoms with Gasteiger partial charge < -0.3 is 14.4 Å². The first-order valence-electron chi connectivity index (χ1n) is 6.01. The molecule has 0 radical (unpaired) electrons. The molecule has 1 unspecified atom stereocenters. The second-order valence-corrected chi connectivity index (χ2v) is 4.19. The molecule has 0 N–H and O–H groups in total. The molecule has 1 aromatic heterocycles. The monoisotopic (exact) mass is 237 g/mol. The Morgan fingerprint density at radius 2 is 2.12 bits per heavy atom. The number of anilines is 1. The van der Waals surface area contributed by atoms with E-state index in [1.54, 1.807) is 0 Å². The van der Waals surface area contributed by atoms with Crippen LogP contribution in [0.25, 0.3) is 0 Å². The molecule has 0 saturated carbocycles. The molecule has 1 fully saturated rings. The summed E-state index contributed by atoms with van der Waals surface area (Å²) in [6.45, 7) is 4.87. The Balaban J connectivity index is 1.91. The number of aromatic nitrogens is 2. The third-order valence-corrected chi connectivity index (χ3v) is 2.80. The Morgan fingerprint density at radius 3 is 2.71 bits per heavy atom. The van der Waals surface area contributed by atoms with Gasteiger partial charge in [0.25, 0.3) is 0 Å². The molecule has 0 aliphatic carbocycles. The molecule has 0 bridgehead atoms. The van der Waals surface area contributed by atoms with Crippen molar-refractivity contribution >= 4 is 5.95 Å². The van der Waals surface area contributed by atoms with Gasteiger partial charge in [0.2, 0.25) is 5.95 Å². The van der Waals surface area contributed by atoms with Crippen molar-refractivity contribution in [1.82, 2.24) is 9.97 Å². The second kappa shape index (κ2) is 5.93. The molecule has 5 nitrogen and oxygen atoms in total. The van der Waals surface area contributed by atoms with Gasteiger partial charge in [-0.3, -0.25) is 0 Å². The summed E-state index contributed by atoms with van der Waals surface area (Å²) in [4.78, 5) is 10.7. The smallest absolute Gasteiger partial charge is 0.225 e. The highest BCUT2D eigenvalue weighted by atomic mass is 16.6. The van der Waals surface area contributed by atoms with Crippen molar-refractivity contribution < 1.29 is 9.47 Å². The van der Waals surface area contributed by atoms with Crippen molar-refractivity contribution in [2.75, 3.05) is 38.3 Å². The maximum Gasteiger partial charge on any atom is 0.225 e. The minimum Gasteiger partial charge on any atom is -0.376 e. The Morgan fingerprint density at radius 1 is 1.35 bits per heavy atom. The maximum absolute atomic E-state index is 5.59. The van der Waals surface area contributed by atoms with Crippen LogP contribution < -0.4 is 4.90 Å². The number of rotatable bonds is 4. The van der Waals surface area contributed by atoms with Crippen LogP contribution in [0, 0.1) is 0 Å². The van der Waals surface area contributed by atoms with Crippen LogP contribution in [0.4, 0.5) is 5.95 Å². The van der Waals surface area contributed by atoms with Crippen LogP contribution >= 0.6 is 0 Å². The first kappa shape index (κ1) is 12.3. The summed E-state index contributed by atoms with van der Waals surface area (Å²) in [5, 5.41) is 0. The van der Waals surface area contributed by atoms with E-state index in [1.807, 2.05) is 24.3 Å². The van der Waals surface area contributed by atoms with Gasteiger partial charge in [-0.25, -0.2) is 9.97 Å². The molecular formula is C12H19N3O2. The lowest BCUT2D eigenvalue weighted by molar-refractivity contribution is -0.0838. The molecule has 1 aliphatic rings. The number of nitrogens with zero attached hydrogens (tertiary/aromatic N) is 3. The minimum atomic E-state index is 0.114. The van der Waals surface area contributed by atoms with Gasteiger partial charge in [0.1, 0.15) is 0 Å². The zero-order valence-corrected chi connectivity index (χ0v) is 10.4. The topological polar surface area (TPSA) is 47.5 Å². The molecule has 1 saturated heterocycles. The molecule has 1 atom stereocenters. The van der Waals surface area contributed by atoms with Crippen molar-refractivity contribution in [3.8, 4) is 0 Å². The van der Waals surface area contributed by atoms with Gasteiger partial charge in [-0.1, -0.05) is 6.92 Å². The quantitative estimate of drug-likeness (QED) is 0.778. The molecule has 0 spiro atoms. The summed E-state index contributed by atoms with van der Waals surface area (Å²) >= 11 is 0. The van der Waals surface area contributed by atoms with E-state index in [2.05, 4.69) is 16.9 Å². The van der Waals surface area contributed by atoms with E-state index < -0.39 is 0 Å². The number of hydrogen-bond donors (Lipinski definition) is 0. The van der Waals surface area contributed by atoms with Gasteiger partial charge in [-0.05, 0) is 12.0 Å². The van der Waals surface area contributed by atoms with E-state index in [1.165, 1.54) is 0 Å². The number of ether oxygens (including phenoxy) is 2. The average Bonchev–Trinajstić information content (AvgIpc) is 2.40. The zero-order chi connectivity index (χ0) is 12.1. The number of likely N-dealkylation sites (N-methyl/N-ethyl adjacent to an activating group) is 1. The molecule has 17 heavy (non-hydrogen) atoms. The van der Waals surface area contributed by atoms with Crippen LogP contribution in [0.15, 0.2) is 12.4 Å². The van der Waals surface area contributed by atoms with Crippen LogP contribution in [-0.2, 0) is 15.9 Å². The lowest BCUT2D eigenvalue weighted by Crippen LogP contribution is -2.39. The normalized spacial score (nSPS) is 20.2. The fraction of sp³-hybridized carbons (Fsp3) is 0.667. The Hall–Kier alpha value is -1.20. The predicted octanol–water partition coefficient (Wildman–Crippen LogP) is 0.891. The Bertz CT molecular complexity index is 336. The number of aryl methyl sites for hydroxylation is 1. The highest BCUT2D eigenvalue weighted by Crippen LogP contribution is 2.09. The number of hydrogen-bond acceptors (Lipinski definition) is 5. The van der Waals surface area contributed by atoms with Crippen LogP contribution in [0.3, 0.4) is 0 Å². The summed E-state index contributed by atoms with van der Waals surface area (Å²) in [6, 6.07) is 0. The molecule has 1 aliphatic heterocycles. The van der Waals surface area contributed by atoms with E-state index in [4.69, 9.17) is 9.47 Å². The summed E-state index contributed by atoms with van der Waals surface area (Å²) < 4.78 is 11.0. The van der Waals surface area contributed by atoms with E-state index in [0.29, 0.717) is 19.8 Å². The average molecular weight is 237 g/mol. The van der Waals surface area contributed by atoms with E-state index in [9.17, 15) is 0 Å². The van der Waals surface area contributed by atoms with Crippen molar-refractivity contribution in [3.05, 3.63) is 18.0 Å². The molecule has 0 amide bonds. The lowest BCUT2D eigenvalue weighted by Gasteiger charge is -2.27. The summed E-state index contributed by atoms with van der Waals surface area (Å²) in [7, 11) is 1.97. The maximum atomic E-state index is 5.59. The van der Waals surface area contributed by atoms with Crippen molar-refractivity contribution in [2.45, 2.75) is 19.4 Å². The standard InChI is InChI=1S/C12H19N3O2/c1-3-10-6-13-12(14-7-10)15(2)8-11-9-16-4-5-17-11/h6-7,11H,3-5,8-9H2,1-2H3. The fourth-order valence-electron chi connectivity index (χ4n) is 1.76. The fourth-order valence-corrected chi connectivity index (χ4v) is 1.76. The van der Waals surface area contributed by atoms with Crippen molar-refractivity contribution in [3.63, 3.8) is 0 Å². The second-order valence-electron chi connectivity index (χ2n) is 4.19. The van der Waals surface area contributed by atoms with Gasteiger partial charge in [0.15, 0.2) is 0 Å². The molecule has 0 aromatic carbocycles. The Labute approximate surface area is 102 Å². The van der Waals surface area contributed by atoms with E-state index in [0.717, 1.165) is 24.5 Å². The van der Waals surface area contributed by atoms with Crippen molar-refractivity contribution in [1.29, 1.82) is 0 Å².